The lowest BCUT2D eigenvalue weighted by Crippen LogP contribution is -2.29. The Morgan fingerprint density at radius 1 is 1.26 bits per heavy atom. The molecule has 0 aliphatic heterocycles. The van der Waals surface area contributed by atoms with Gasteiger partial charge in [-0.25, -0.2) is 4.79 Å². The van der Waals surface area contributed by atoms with Crippen molar-refractivity contribution in [1.29, 1.82) is 0 Å². The Balaban J connectivity index is 0.000000841. The van der Waals surface area contributed by atoms with Crippen molar-refractivity contribution in [3.8, 4) is 0 Å². The Labute approximate surface area is 136 Å². The second-order valence-corrected chi connectivity index (χ2v) is 4.89. The summed E-state index contributed by atoms with van der Waals surface area (Å²) in [6.07, 6.45) is 0. The minimum absolute atomic E-state index is 0.269. The van der Waals surface area contributed by atoms with Gasteiger partial charge in [0.2, 0.25) is 0 Å². The molecule has 7 nitrogen and oxygen atoms in total. The summed E-state index contributed by atoms with van der Waals surface area (Å²) in [5.74, 6) is -1.24. The van der Waals surface area contributed by atoms with E-state index in [-0.39, 0.29) is 25.2 Å². The minimum atomic E-state index is -0.968. The molecule has 4 N–H and O–H groups in total. The highest BCUT2D eigenvalue weighted by molar-refractivity contribution is 5.79. The van der Waals surface area contributed by atoms with Crippen molar-refractivity contribution < 1.29 is 24.2 Å². The number of hydrogen-bond acceptors (Lipinski definition) is 6. The molecular formula is C16H26N2O5. The predicted molar refractivity (Wildman–Crippen MR) is 88.5 cm³/mol. The van der Waals surface area contributed by atoms with E-state index in [0.29, 0.717) is 6.61 Å². The van der Waals surface area contributed by atoms with E-state index in [2.05, 4.69) is 11.1 Å². The zero-order valence-corrected chi connectivity index (χ0v) is 14.1. The summed E-state index contributed by atoms with van der Waals surface area (Å²) < 4.78 is 9.90. The Hall–Kier alpha value is -2.12. The fourth-order valence-electron chi connectivity index (χ4n) is 1.67. The third-order valence-electron chi connectivity index (χ3n) is 2.90. The van der Waals surface area contributed by atoms with E-state index >= 15 is 0 Å². The summed E-state index contributed by atoms with van der Waals surface area (Å²) in [7, 11) is 1.58. The lowest BCUT2D eigenvalue weighted by atomic mass is 10.1. The van der Waals surface area contributed by atoms with Crippen molar-refractivity contribution in [3.63, 3.8) is 0 Å². The Morgan fingerprint density at radius 2 is 1.78 bits per heavy atom. The first-order valence-corrected chi connectivity index (χ1v) is 7.23. The number of methoxy groups -OCH3 is 1. The molecule has 0 radical (unpaired) electrons. The summed E-state index contributed by atoms with van der Waals surface area (Å²) in [4.78, 5) is 20.9. The lowest BCUT2D eigenvalue weighted by molar-refractivity contribution is -0.145. The van der Waals surface area contributed by atoms with Gasteiger partial charge < -0.3 is 25.6 Å². The molecule has 0 spiro atoms. The van der Waals surface area contributed by atoms with Crippen LogP contribution in [0.1, 0.15) is 18.1 Å². The molecule has 23 heavy (non-hydrogen) atoms. The second-order valence-electron chi connectivity index (χ2n) is 4.89. The molecule has 0 aliphatic rings. The van der Waals surface area contributed by atoms with Gasteiger partial charge in [0.1, 0.15) is 12.6 Å². The average molecular weight is 326 g/mol. The van der Waals surface area contributed by atoms with Gasteiger partial charge in [-0.15, -0.1) is 0 Å². The number of aryl methyl sites for hydroxylation is 2. The van der Waals surface area contributed by atoms with Crippen LogP contribution in [0.15, 0.2) is 18.2 Å². The van der Waals surface area contributed by atoms with E-state index in [1.165, 1.54) is 0 Å². The number of ether oxygens (including phenoxy) is 2. The average Bonchev–Trinajstić information content (AvgIpc) is 2.51. The van der Waals surface area contributed by atoms with Gasteiger partial charge in [0, 0.05) is 12.8 Å². The van der Waals surface area contributed by atoms with E-state index < -0.39 is 5.97 Å². The third-order valence-corrected chi connectivity index (χ3v) is 2.90. The predicted octanol–water partition coefficient (Wildman–Crippen LogP) is 1.32. The number of carboxylic acids is 1. The van der Waals surface area contributed by atoms with Crippen molar-refractivity contribution in [1.82, 2.24) is 0 Å². The molecule has 1 aromatic rings. The van der Waals surface area contributed by atoms with Crippen LogP contribution in [0.3, 0.4) is 0 Å². The molecule has 0 aliphatic carbocycles. The van der Waals surface area contributed by atoms with Crippen LogP contribution in [-0.2, 0) is 19.1 Å². The van der Waals surface area contributed by atoms with Crippen LogP contribution < -0.4 is 11.1 Å². The smallest absolute Gasteiger partial charge is 0.328 e. The van der Waals surface area contributed by atoms with Crippen molar-refractivity contribution in [2.75, 3.05) is 32.2 Å². The van der Waals surface area contributed by atoms with Crippen LogP contribution in [0.2, 0.25) is 0 Å². The first-order valence-electron chi connectivity index (χ1n) is 7.23. The SMILES string of the molecule is COCCOC(=O)[C@H](C)Nc1c(C)cccc1C.NCC(=O)O. The molecule has 1 atom stereocenters. The van der Waals surface area contributed by atoms with Crippen LogP contribution in [0, 0.1) is 13.8 Å². The van der Waals surface area contributed by atoms with Gasteiger partial charge in [-0.05, 0) is 31.9 Å². The standard InChI is InChI=1S/C14H21NO3.C2H5NO2/c1-10-6-5-7-11(2)13(10)15-12(3)14(16)18-9-8-17-4;3-1-2(4)5/h5-7,12,15H,8-9H2,1-4H3;1,3H2,(H,4,5)/t12-;/m0./s1. The van der Waals surface area contributed by atoms with Crippen molar-refractivity contribution >= 4 is 17.6 Å². The fourth-order valence-corrected chi connectivity index (χ4v) is 1.67. The van der Waals surface area contributed by atoms with E-state index in [4.69, 9.17) is 14.6 Å². The van der Waals surface area contributed by atoms with Gasteiger partial charge in [0.25, 0.3) is 0 Å². The highest BCUT2D eigenvalue weighted by atomic mass is 16.6. The van der Waals surface area contributed by atoms with Gasteiger partial charge >= 0.3 is 11.9 Å². The molecule has 0 unspecified atom stereocenters. The fraction of sp³-hybridized carbons (Fsp3) is 0.500. The Kier molecular flexibility index (Phi) is 10.4. The number of aliphatic carboxylic acids is 1. The number of carboxylic acid groups (broad SMARTS) is 1. The van der Waals surface area contributed by atoms with E-state index in [0.717, 1.165) is 16.8 Å². The monoisotopic (exact) mass is 326 g/mol. The van der Waals surface area contributed by atoms with Crippen molar-refractivity contribution in [2.24, 2.45) is 5.73 Å². The van der Waals surface area contributed by atoms with Crippen molar-refractivity contribution in [3.05, 3.63) is 29.3 Å². The normalized spacial score (nSPS) is 11.0. The quantitative estimate of drug-likeness (QED) is 0.512. The topological polar surface area (TPSA) is 111 Å². The number of nitrogens with one attached hydrogen (secondary N) is 1. The molecule has 0 fully saturated rings. The molecule has 0 saturated heterocycles. The van der Waals surface area contributed by atoms with Crippen molar-refractivity contribution in [2.45, 2.75) is 26.8 Å². The molecule has 130 valence electrons. The number of benzene rings is 1. The van der Waals surface area contributed by atoms with Crippen LogP contribution in [0.25, 0.3) is 0 Å². The van der Waals surface area contributed by atoms with Crippen LogP contribution in [0.4, 0.5) is 5.69 Å². The first-order chi connectivity index (χ1) is 10.8. The van der Waals surface area contributed by atoms with Crippen LogP contribution in [-0.4, -0.2) is 50.0 Å². The van der Waals surface area contributed by atoms with E-state index in [1.807, 2.05) is 32.0 Å². The maximum absolute atomic E-state index is 11.7. The zero-order chi connectivity index (χ0) is 17.8. The number of para-hydroxylation sites is 1. The zero-order valence-electron chi connectivity index (χ0n) is 14.1. The second kappa shape index (κ2) is 11.4. The van der Waals surface area contributed by atoms with Gasteiger partial charge in [0.15, 0.2) is 0 Å². The summed E-state index contributed by atoms with van der Waals surface area (Å²) in [5, 5.41) is 10.8. The Bertz CT molecular complexity index is 485. The summed E-state index contributed by atoms with van der Waals surface area (Å²) in [6, 6.07) is 5.65. The number of anilines is 1. The maximum atomic E-state index is 11.7. The molecule has 0 bridgehead atoms. The number of nitrogens with two attached hydrogens (primary N) is 1. The van der Waals surface area contributed by atoms with E-state index in [9.17, 15) is 9.59 Å². The molecule has 0 amide bonds. The number of carbonyl (C=O) groups excluding carboxylic acids is 1. The van der Waals surface area contributed by atoms with Gasteiger partial charge in [-0.2, -0.15) is 0 Å². The summed E-state index contributed by atoms with van der Waals surface area (Å²) in [5.41, 5.74) is 7.80. The largest absolute Gasteiger partial charge is 0.480 e. The van der Waals surface area contributed by atoms with Gasteiger partial charge in [0.05, 0.1) is 13.2 Å². The van der Waals surface area contributed by atoms with Gasteiger partial charge in [-0.1, -0.05) is 18.2 Å². The molecule has 0 heterocycles. The maximum Gasteiger partial charge on any atom is 0.328 e. The molecule has 1 aromatic carbocycles. The number of esters is 1. The minimum Gasteiger partial charge on any atom is -0.480 e. The van der Waals surface area contributed by atoms with Crippen LogP contribution in [0.5, 0.6) is 0 Å². The Morgan fingerprint density at radius 3 is 2.22 bits per heavy atom. The number of hydrogen-bond donors (Lipinski definition) is 3. The summed E-state index contributed by atoms with van der Waals surface area (Å²) >= 11 is 0. The van der Waals surface area contributed by atoms with Crippen LogP contribution >= 0.6 is 0 Å². The number of rotatable bonds is 7. The molecular weight excluding hydrogens is 300 g/mol. The van der Waals surface area contributed by atoms with E-state index in [1.54, 1.807) is 14.0 Å². The summed E-state index contributed by atoms with van der Waals surface area (Å²) in [6.45, 7) is 6.24. The first kappa shape index (κ1) is 20.9. The molecule has 0 saturated carbocycles. The number of carbonyl (C=O) groups is 2. The molecule has 7 heteroatoms. The lowest BCUT2D eigenvalue weighted by Gasteiger charge is -2.17. The highest BCUT2D eigenvalue weighted by Gasteiger charge is 2.15. The van der Waals surface area contributed by atoms with Gasteiger partial charge in [-0.3, -0.25) is 4.79 Å². The molecule has 1 rings (SSSR count). The highest BCUT2D eigenvalue weighted by Crippen LogP contribution is 2.20. The third kappa shape index (κ3) is 8.80. The molecule has 0 aromatic heterocycles.